The van der Waals surface area contributed by atoms with E-state index in [0.717, 1.165) is 19.4 Å². The second-order valence-electron chi connectivity index (χ2n) is 4.48. The Balaban J connectivity index is 1.72. The number of rotatable bonds is 5. The summed E-state index contributed by atoms with van der Waals surface area (Å²) in [6.45, 7) is 1.28. The number of aromatic nitrogens is 5. The molecule has 1 saturated heterocycles. The zero-order valence-corrected chi connectivity index (χ0v) is 11.5. The first-order chi connectivity index (χ1) is 9.83. The minimum atomic E-state index is -0.0889. The largest absolute Gasteiger partial charge is 0.376 e. The minimum absolute atomic E-state index is 0.0794. The summed E-state index contributed by atoms with van der Waals surface area (Å²) < 4.78 is 5.60. The summed E-state index contributed by atoms with van der Waals surface area (Å²) in [5.41, 5.74) is 0. The highest BCUT2D eigenvalue weighted by Gasteiger charge is 2.25. The lowest BCUT2D eigenvalue weighted by Gasteiger charge is -2.22. The molecule has 2 aromatic rings. The van der Waals surface area contributed by atoms with E-state index in [-0.39, 0.29) is 18.4 Å². The third kappa shape index (κ3) is 2.99. The van der Waals surface area contributed by atoms with E-state index in [4.69, 9.17) is 4.74 Å². The zero-order chi connectivity index (χ0) is 13.8. The van der Waals surface area contributed by atoms with Crippen LogP contribution in [0.3, 0.4) is 0 Å². The van der Waals surface area contributed by atoms with Crippen LogP contribution in [0.25, 0.3) is 0 Å². The molecule has 0 bridgehead atoms. The van der Waals surface area contributed by atoms with Gasteiger partial charge in [0.05, 0.1) is 19.1 Å². The molecule has 106 valence electrons. The standard InChI is InChI=1S/C11H14N6O2S/c18-10(6-9-13-15-16-14-9)17(11-12-3-5-20-11)7-8-2-1-4-19-8/h3,5,8H,1-2,4,6-7H2,(H,13,14,15,16). The Morgan fingerprint density at radius 3 is 3.20 bits per heavy atom. The van der Waals surface area contributed by atoms with Crippen molar-refractivity contribution in [2.75, 3.05) is 18.1 Å². The average molecular weight is 294 g/mol. The van der Waals surface area contributed by atoms with Crippen LogP contribution in [0, 0.1) is 0 Å². The first-order valence-electron chi connectivity index (χ1n) is 6.37. The van der Waals surface area contributed by atoms with E-state index in [9.17, 15) is 4.79 Å². The SMILES string of the molecule is O=C(Cc1nnn[nH]1)N(CC1CCCO1)c1nccs1. The Kier molecular flexibility index (Phi) is 3.97. The van der Waals surface area contributed by atoms with Gasteiger partial charge in [0.15, 0.2) is 11.0 Å². The lowest BCUT2D eigenvalue weighted by Crippen LogP contribution is -2.38. The van der Waals surface area contributed by atoms with Gasteiger partial charge in [-0.1, -0.05) is 0 Å². The van der Waals surface area contributed by atoms with Gasteiger partial charge in [0.1, 0.15) is 0 Å². The van der Waals surface area contributed by atoms with Gasteiger partial charge in [-0.3, -0.25) is 9.69 Å². The third-order valence-corrected chi connectivity index (χ3v) is 3.86. The molecule has 8 nitrogen and oxygen atoms in total. The second kappa shape index (κ2) is 6.06. The summed E-state index contributed by atoms with van der Waals surface area (Å²) >= 11 is 1.43. The van der Waals surface area contributed by atoms with Crippen molar-refractivity contribution < 1.29 is 9.53 Å². The summed E-state index contributed by atoms with van der Waals surface area (Å²) in [7, 11) is 0. The van der Waals surface area contributed by atoms with E-state index >= 15 is 0 Å². The number of nitrogens with one attached hydrogen (secondary N) is 1. The normalized spacial score (nSPS) is 18.3. The van der Waals surface area contributed by atoms with Crippen LogP contribution in [0.4, 0.5) is 5.13 Å². The molecule has 1 atom stereocenters. The van der Waals surface area contributed by atoms with Crippen molar-refractivity contribution in [3.8, 4) is 0 Å². The molecule has 0 saturated carbocycles. The number of nitrogens with zero attached hydrogens (tertiary/aromatic N) is 5. The smallest absolute Gasteiger partial charge is 0.236 e. The van der Waals surface area contributed by atoms with Gasteiger partial charge in [0.25, 0.3) is 0 Å². The molecule has 2 aromatic heterocycles. The summed E-state index contributed by atoms with van der Waals surface area (Å²) in [5, 5.41) is 15.8. The molecular formula is C11H14N6O2S. The van der Waals surface area contributed by atoms with Crippen molar-refractivity contribution in [3.05, 3.63) is 17.4 Å². The molecule has 3 rings (SSSR count). The Bertz CT molecular complexity index is 537. The molecular weight excluding hydrogens is 280 g/mol. The highest BCUT2D eigenvalue weighted by Crippen LogP contribution is 2.22. The molecule has 1 unspecified atom stereocenters. The predicted octanol–water partition coefficient (Wildman–Crippen LogP) is 0.411. The first kappa shape index (κ1) is 13.1. The maximum absolute atomic E-state index is 12.4. The second-order valence-corrected chi connectivity index (χ2v) is 5.35. The van der Waals surface area contributed by atoms with Crippen LogP contribution in [0.15, 0.2) is 11.6 Å². The first-order valence-corrected chi connectivity index (χ1v) is 7.25. The monoisotopic (exact) mass is 294 g/mol. The van der Waals surface area contributed by atoms with Crippen molar-refractivity contribution in [1.82, 2.24) is 25.6 Å². The number of H-pyrrole nitrogens is 1. The van der Waals surface area contributed by atoms with Crippen LogP contribution >= 0.6 is 11.3 Å². The van der Waals surface area contributed by atoms with Gasteiger partial charge in [0, 0.05) is 18.2 Å². The van der Waals surface area contributed by atoms with E-state index in [0.29, 0.717) is 17.5 Å². The van der Waals surface area contributed by atoms with Crippen LogP contribution in [-0.2, 0) is 16.0 Å². The Hall–Kier alpha value is -1.87. The summed E-state index contributed by atoms with van der Waals surface area (Å²) in [6, 6.07) is 0. The molecule has 1 N–H and O–H groups in total. The number of tetrazole rings is 1. The summed E-state index contributed by atoms with van der Waals surface area (Å²) in [6.07, 6.45) is 3.90. The molecule has 0 aliphatic carbocycles. The van der Waals surface area contributed by atoms with Gasteiger partial charge in [-0.05, 0) is 23.3 Å². The number of carbonyl (C=O) groups excluding carboxylic acids is 1. The molecule has 0 spiro atoms. The Morgan fingerprint density at radius 1 is 1.60 bits per heavy atom. The topological polar surface area (TPSA) is 96.9 Å². The molecule has 0 aromatic carbocycles. The van der Waals surface area contributed by atoms with Crippen molar-refractivity contribution in [3.63, 3.8) is 0 Å². The minimum Gasteiger partial charge on any atom is -0.376 e. The molecule has 1 aliphatic rings. The third-order valence-electron chi connectivity index (χ3n) is 3.07. The highest BCUT2D eigenvalue weighted by molar-refractivity contribution is 7.13. The van der Waals surface area contributed by atoms with E-state index in [1.807, 2.05) is 5.38 Å². The average Bonchev–Trinajstić information content (AvgIpc) is 3.19. The lowest BCUT2D eigenvalue weighted by molar-refractivity contribution is -0.118. The van der Waals surface area contributed by atoms with E-state index in [1.165, 1.54) is 11.3 Å². The number of thiazole rings is 1. The van der Waals surface area contributed by atoms with Crippen molar-refractivity contribution in [2.24, 2.45) is 0 Å². The predicted molar refractivity (Wildman–Crippen MR) is 71.3 cm³/mol. The molecule has 9 heteroatoms. The van der Waals surface area contributed by atoms with Gasteiger partial charge in [-0.2, -0.15) is 0 Å². The fourth-order valence-electron chi connectivity index (χ4n) is 2.12. The fraction of sp³-hybridized carbons (Fsp3) is 0.545. The van der Waals surface area contributed by atoms with Crippen molar-refractivity contribution in [2.45, 2.75) is 25.4 Å². The number of amides is 1. The number of hydrogen-bond donors (Lipinski definition) is 1. The number of hydrogen-bond acceptors (Lipinski definition) is 7. The molecule has 0 radical (unpaired) electrons. The maximum atomic E-state index is 12.4. The molecule has 20 heavy (non-hydrogen) atoms. The van der Waals surface area contributed by atoms with Crippen LogP contribution in [-0.4, -0.2) is 50.8 Å². The van der Waals surface area contributed by atoms with Gasteiger partial charge in [-0.15, -0.1) is 16.4 Å². The molecule has 1 aliphatic heterocycles. The Morgan fingerprint density at radius 2 is 2.55 bits per heavy atom. The van der Waals surface area contributed by atoms with E-state index in [2.05, 4.69) is 25.6 Å². The van der Waals surface area contributed by atoms with Gasteiger partial charge < -0.3 is 4.74 Å². The van der Waals surface area contributed by atoms with Crippen LogP contribution in [0.2, 0.25) is 0 Å². The van der Waals surface area contributed by atoms with Gasteiger partial charge in [-0.25, -0.2) is 10.1 Å². The van der Waals surface area contributed by atoms with E-state index < -0.39 is 0 Å². The highest BCUT2D eigenvalue weighted by atomic mass is 32.1. The number of ether oxygens (including phenoxy) is 1. The summed E-state index contributed by atoms with van der Waals surface area (Å²) in [5.74, 6) is 0.359. The fourth-order valence-corrected chi connectivity index (χ4v) is 2.79. The number of carbonyl (C=O) groups is 1. The molecule has 1 amide bonds. The van der Waals surface area contributed by atoms with Crippen LogP contribution in [0.1, 0.15) is 18.7 Å². The van der Waals surface area contributed by atoms with Crippen LogP contribution in [0.5, 0.6) is 0 Å². The van der Waals surface area contributed by atoms with Crippen molar-refractivity contribution >= 4 is 22.4 Å². The summed E-state index contributed by atoms with van der Waals surface area (Å²) in [4.78, 5) is 18.3. The quantitative estimate of drug-likeness (QED) is 0.858. The van der Waals surface area contributed by atoms with E-state index in [1.54, 1.807) is 11.1 Å². The number of anilines is 1. The maximum Gasteiger partial charge on any atom is 0.236 e. The molecule has 1 fully saturated rings. The van der Waals surface area contributed by atoms with Crippen molar-refractivity contribution in [1.29, 1.82) is 0 Å². The van der Waals surface area contributed by atoms with Crippen LogP contribution < -0.4 is 4.90 Å². The number of aromatic amines is 1. The zero-order valence-electron chi connectivity index (χ0n) is 10.7. The van der Waals surface area contributed by atoms with Gasteiger partial charge >= 0.3 is 0 Å². The lowest BCUT2D eigenvalue weighted by atomic mass is 10.2. The van der Waals surface area contributed by atoms with Gasteiger partial charge in [0.2, 0.25) is 5.91 Å². The Labute approximate surface area is 119 Å². The molecule has 3 heterocycles.